The molecule has 0 aliphatic carbocycles. The van der Waals surface area contributed by atoms with Crippen LogP contribution in [0.5, 0.6) is 5.75 Å². The molecule has 0 radical (unpaired) electrons. The fraction of sp³-hybridized carbons (Fsp3) is 0.125. The first-order valence-electron chi connectivity index (χ1n) is 6.13. The number of ketones is 1. The summed E-state index contributed by atoms with van der Waals surface area (Å²) in [5.74, 6) is -1.24. The number of hydrogen-bond acceptors (Lipinski definition) is 3. The van der Waals surface area contributed by atoms with Gasteiger partial charge < -0.3 is 4.74 Å². The van der Waals surface area contributed by atoms with E-state index in [9.17, 15) is 13.6 Å². The second kappa shape index (κ2) is 6.14. The Hall–Kier alpha value is -2.74. The molecule has 0 fully saturated rings. The summed E-state index contributed by atoms with van der Waals surface area (Å²) >= 11 is 0. The van der Waals surface area contributed by atoms with Gasteiger partial charge in [-0.15, -0.1) is 0 Å². The smallest absolute Gasteiger partial charge is 0.163 e. The molecule has 0 saturated carbocycles. The highest BCUT2D eigenvalue weighted by molar-refractivity contribution is 5.96. The zero-order valence-electron chi connectivity index (χ0n) is 11.2. The molecule has 0 saturated heterocycles. The van der Waals surface area contributed by atoms with Gasteiger partial charge in [-0.1, -0.05) is 0 Å². The molecule has 5 heteroatoms. The molecule has 2 rings (SSSR count). The number of rotatable bonds is 4. The van der Waals surface area contributed by atoms with Gasteiger partial charge >= 0.3 is 0 Å². The second-order valence-electron chi connectivity index (χ2n) is 4.40. The molecular formula is C16H11F2NO2. The first-order valence-corrected chi connectivity index (χ1v) is 6.13. The fourth-order valence-corrected chi connectivity index (χ4v) is 1.81. The normalized spacial score (nSPS) is 10.0. The highest BCUT2D eigenvalue weighted by atomic mass is 19.1. The van der Waals surface area contributed by atoms with E-state index in [0.717, 1.165) is 12.1 Å². The molecule has 0 N–H and O–H groups in total. The molecular weight excluding hydrogens is 276 g/mol. The van der Waals surface area contributed by atoms with Crippen molar-refractivity contribution in [3.8, 4) is 11.8 Å². The first-order chi connectivity index (χ1) is 10.0. The van der Waals surface area contributed by atoms with Crippen LogP contribution < -0.4 is 4.74 Å². The maximum Gasteiger partial charge on any atom is 0.163 e. The highest BCUT2D eigenvalue weighted by Gasteiger charge is 2.11. The van der Waals surface area contributed by atoms with Crippen LogP contribution in [0.4, 0.5) is 8.78 Å². The van der Waals surface area contributed by atoms with Crippen molar-refractivity contribution in [2.75, 3.05) is 0 Å². The fourth-order valence-electron chi connectivity index (χ4n) is 1.81. The van der Waals surface area contributed by atoms with Crippen molar-refractivity contribution in [1.82, 2.24) is 0 Å². The topological polar surface area (TPSA) is 50.1 Å². The third kappa shape index (κ3) is 3.42. The number of ether oxygens (including phenoxy) is 1. The second-order valence-corrected chi connectivity index (χ2v) is 4.40. The van der Waals surface area contributed by atoms with Crippen molar-refractivity contribution in [2.24, 2.45) is 0 Å². The monoisotopic (exact) mass is 287 g/mol. The zero-order valence-corrected chi connectivity index (χ0v) is 11.2. The largest absolute Gasteiger partial charge is 0.488 e. The molecule has 0 heterocycles. The van der Waals surface area contributed by atoms with Gasteiger partial charge in [0.1, 0.15) is 24.0 Å². The summed E-state index contributed by atoms with van der Waals surface area (Å²) in [7, 11) is 0. The van der Waals surface area contributed by atoms with Crippen LogP contribution in [0.2, 0.25) is 0 Å². The summed E-state index contributed by atoms with van der Waals surface area (Å²) in [5, 5.41) is 8.79. The van der Waals surface area contributed by atoms with E-state index >= 15 is 0 Å². The predicted molar refractivity (Wildman–Crippen MR) is 71.9 cm³/mol. The summed E-state index contributed by atoms with van der Waals surface area (Å²) in [5.41, 5.74) is 0.584. The number of halogens is 2. The van der Waals surface area contributed by atoms with Gasteiger partial charge in [0.05, 0.1) is 17.2 Å². The van der Waals surface area contributed by atoms with E-state index in [1.54, 1.807) is 0 Å². The molecule has 0 amide bonds. The van der Waals surface area contributed by atoms with Crippen molar-refractivity contribution < 1.29 is 18.3 Å². The van der Waals surface area contributed by atoms with Crippen LogP contribution in [0.1, 0.15) is 28.4 Å². The van der Waals surface area contributed by atoms with Crippen LogP contribution in [-0.4, -0.2) is 5.78 Å². The Morgan fingerprint density at radius 2 is 2.00 bits per heavy atom. The molecule has 2 aromatic rings. The third-order valence-corrected chi connectivity index (χ3v) is 2.88. The lowest BCUT2D eigenvalue weighted by Crippen LogP contribution is -2.04. The van der Waals surface area contributed by atoms with Crippen molar-refractivity contribution >= 4 is 5.78 Å². The maximum absolute atomic E-state index is 13.6. The number of nitriles is 1. The maximum atomic E-state index is 13.6. The number of benzene rings is 2. The number of hydrogen-bond donors (Lipinski definition) is 0. The van der Waals surface area contributed by atoms with Crippen LogP contribution in [0, 0.1) is 23.0 Å². The van der Waals surface area contributed by atoms with Gasteiger partial charge in [0.25, 0.3) is 0 Å². The number of carbonyl (C=O) groups is 1. The van der Waals surface area contributed by atoms with E-state index in [-0.39, 0.29) is 29.3 Å². The summed E-state index contributed by atoms with van der Waals surface area (Å²) in [6.45, 7) is 1.13. The van der Waals surface area contributed by atoms with Crippen molar-refractivity contribution in [3.63, 3.8) is 0 Å². The molecule has 0 atom stereocenters. The average molecular weight is 287 g/mol. The molecule has 21 heavy (non-hydrogen) atoms. The van der Waals surface area contributed by atoms with Crippen LogP contribution in [-0.2, 0) is 6.61 Å². The van der Waals surface area contributed by atoms with Gasteiger partial charge in [0, 0.05) is 5.56 Å². The van der Waals surface area contributed by atoms with E-state index in [4.69, 9.17) is 10.00 Å². The molecule has 0 aliphatic heterocycles. The van der Waals surface area contributed by atoms with Crippen LogP contribution in [0.3, 0.4) is 0 Å². The Kier molecular flexibility index (Phi) is 4.29. The van der Waals surface area contributed by atoms with Gasteiger partial charge in [-0.3, -0.25) is 4.79 Å². The third-order valence-electron chi connectivity index (χ3n) is 2.88. The van der Waals surface area contributed by atoms with Gasteiger partial charge in [0.15, 0.2) is 5.78 Å². The van der Waals surface area contributed by atoms with Gasteiger partial charge in [-0.25, -0.2) is 8.78 Å². The Balaban J connectivity index is 2.25. The van der Waals surface area contributed by atoms with E-state index < -0.39 is 11.6 Å². The Labute approximate surface area is 120 Å². The predicted octanol–water partition coefficient (Wildman–Crippen LogP) is 3.62. The quantitative estimate of drug-likeness (QED) is 0.807. The van der Waals surface area contributed by atoms with Crippen LogP contribution >= 0.6 is 0 Å². The summed E-state index contributed by atoms with van der Waals surface area (Å²) in [6.07, 6.45) is 0. The van der Waals surface area contributed by atoms with E-state index in [2.05, 4.69) is 0 Å². The minimum absolute atomic E-state index is 0.0897. The highest BCUT2D eigenvalue weighted by Crippen LogP contribution is 2.22. The van der Waals surface area contributed by atoms with Gasteiger partial charge in [-0.2, -0.15) is 5.26 Å². The lowest BCUT2D eigenvalue weighted by molar-refractivity contribution is 0.101. The van der Waals surface area contributed by atoms with E-state index in [1.807, 2.05) is 6.07 Å². The zero-order chi connectivity index (χ0) is 15.4. The van der Waals surface area contributed by atoms with Gasteiger partial charge in [-0.05, 0) is 43.3 Å². The van der Waals surface area contributed by atoms with E-state index in [1.165, 1.54) is 31.2 Å². The number of nitrogens with zero attached hydrogens (tertiary/aromatic N) is 1. The molecule has 0 bridgehead atoms. The van der Waals surface area contributed by atoms with Crippen LogP contribution in [0.25, 0.3) is 0 Å². The SMILES string of the molecule is CC(=O)c1cc(F)ccc1OCc1cc(C#N)ccc1F. The number of carbonyl (C=O) groups excluding carboxylic acids is 1. The Morgan fingerprint density at radius 3 is 2.67 bits per heavy atom. The van der Waals surface area contributed by atoms with Crippen LogP contribution in [0.15, 0.2) is 36.4 Å². The van der Waals surface area contributed by atoms with E-state index in [0.29, 0.717) is 5.56 Å². The standard InChI is InChI=1S/C16H11F2NO2/c1-10(20)14-7-13(17)3-5-16(14)21-9-12-6-11(8-19)2-4-15(12)18/h2-7H,9H2,1H3. The molecule has 2 aromatic carbocycles. The number of Topliss-reactive ketones (excluding diaryl/α,β-unsaturated/α-hetero) is 1. The van der Waals surface area contributed by atoms with Crippen molar-refractivity contribution in [3.05, 3.63) is 64.7 Å². The molecule has 0 aliphatic rings. The summed E-state index contributed by atoms with van der Waals surface area (Å²) < 4.78 is 32.1. The molecule has 0 unspecified atom stereocenters. The molecule has 106 valence electrons. The van der Waals surface area contributed by atoms with Crippen molar-refractivity contribution in [2.45, 2.75) is 13.5 Å². The minimum Gasteiger partial charge on any atom is -0.488 e. The summed E-state index contributed by atoms with van der Waals surface area (Å²) in [4.78, 5) is 11.4. The Bertz CT molecular complexity index is 736. The minimum atomic E-state index is -0.551. The average Bonchev–Trinajstić information content (AvgIpc) is 2.47. The van der Waals surface area contributed by atoms with Gasteiger partial charge in [0.2, 0.25) is 0 Å². The van der Waals surface area contributed by atoms with Crippen molar-refractivity contribution in [1.29, 1.82) is 5.26 Å². The lowest BCUT2D eigenvalue weighted by atomic mass is 10.1. The molecule has 0 aromatic heterocycles. The molecule has 3 nitrogen and oxygen atoms in total. The Morgan fingerprint density at radius 1 is 1.24 bits per heavy atom. The first kappa shape index (κ1) is 14.7. The lowest BCUT2D eigenvalue weighted by Gasteiger charge is -2.10. The summed E-state index contributed by atoms with van der Waals surface area (Å²) in [6, 6.07) is 9.35. The molecule has 0 spiro atoms.